The smallest absolute Gasteiger partial charge is 0.256 e. The van der Waals surface area contributed by atoms with Crippen molar-refractivity contribution in [3.05, 3.63) is 67.0 Å². The average molecular weight is 244 g/mol. The number of carbonyl (C=O) groups excluding carboxylic acids is 1. The zero-order valence-electron chi connectivity index (χ0n) is 9.21. The Kier molecular flexibility index (Phi) is 2.65. The van der Waals surface area contributed by atoms with Gasteiger partial charge in [-0.05, 0) is 31.7 Å². The van der Waals surface area contributed by atoms with Crippen LogP contribution in [0.3, 0.4) is 0 Å². The summed E-state index contributed by atoms with van der Waals surface area (Å²) in [7, 11) is 0. The molecule has 2 nitrogen and oxygen atoms in total. The zero-order valence-corrected chi connectivity index (χ0v) is 9.21. The molecule has 5 radical (unpaired) electrons. The normalized spacial score (nSPS) is 21.4. The van der Waals surface area contributed by atoms with Crippen molar-refractivity contribution in [1.29, 1.82) is 0 Å². The number of allylic oxidation sites excluding steroid dienone is 1. The van der Waals surface area contributed by atoms with Crippen LogP contribution in [0.2, 0.25) is 0 Å². The van der Waals surface area contributed by atoms with E-state index in [2.05, 4.69) is 5.32 Å². The van der Waals surface area contributed by atoms with Gasteiger partial charge in [-0.25, -0.2) is 8.78 Å². The van der Waals surface area contributed by atoms with Gasteiger partial charge >= 0.3 is 0 Å². The standard InChI is InChI=1S/C14H8F2NO/c15-9-6-10-11(5-8-3-1-2-4-8)14(18)17-13(10)12(16)7-9/h1-7H,(H,17,18)/b11-5+. The van der Waals surface area contributed by atoms with Crippen LogP contribution in [0.4, 0.5) is 14.5 Å². The lowest BCUT2D eigenvalue weighted by Gasteiger charge is -2.03. The van der Waals surface area contributed by atoms with Crippen molar-refractivity contribution >= 4 is 17.2 Å². The van der Waals surface area contributed by atoms with Crippen LogP contribution < -0.4 is 5.32 Å². The van der Waals surface area contributed by atoms with E-state index in [4.69, 9.17) is 0 Å². The summed E-state index contributed by atoms with van der Waals surface area (Å²) in [5.74, 6) is -1.06. The van der Waals surface area contributed by atoms with E-state index in [0.717, 1.165) is 18.1 Å². The molecule has 0 aromatic heterocycles. The van der Waals surface area contributed by atoms with E-state index in [1.807, 2.05) is 25.7 Å². The molecule has 0 bridgehead atoms. The second kappa shape index (κ2) is 4.19. The summed E-state index contributed by atoms with van der Waals surface area (Å²) in [6, 6.07) is 1.91. The third kappa shape index (κ3) is 1.82. The number of anilines is 1. The van der Waals surface area contributed by atoms with Crippen LogP contribution in [0.5, 0.6) is 0 Å². The third-order valence-electron chi connectivity index (χ3n) is 2.83. The van der Waals surface area contributed by atoms with Gasteiger partial charge in [0, 0.05) is 23.1 Å². The second-order valence-corrected chi connectivity index (χ2v) is 4.04. The number of hydrogen-bond acceptors (Lipinski definition) is 1. The number of benzene rings is 1. The van der Waals surface area contributed by atoms with E-state index in [0.29, 0.717) is 0 Å². The first kappa shape index (κ1) is 11.4. The van der Waals surface area contributed by atoms with Gasteiger partial charge in [0.2, 0.25) is 0 Å². The molecular weight excluding hydrogens is 236 g/mol. The summed E-state index contributed by atoms with van der Waals surface area (Å²) in [6.45, 7) is 0. The number of fused-ring (bicyclic) bond motifs is 1. The lowest BCUT2D eigenvalue weighted by atomic mass is 9.99. The van der Waals surface area contributed by atoms with Gasteiger partial charge in [0.15, 0.2) is 0 Å². The summed E-state index contributed by atoms with van der Waals surface area (Å²) < 4.78 is 26.7. The molecular formula is C14H8F2NO. The van der Waals surface area contributed by atoms with E-state index < -0.39 is 17.5 Å². The molecule has 1 fully saturated rings. The fourth-order valence-corrected chi connectivity index (χ4v) is 2.01. The largest absolute Gasteiger partial charge is 0.319 e. The Morgan fingerprint density at radius 1 is 1.11 bits per heavy atom. The predicted molar refractivity (Wildman–Crippen MR) is 63.4 cm³/mol. The maximum absolute atomic E-state index is 13.5. The van der Waals surface area contributed by atoms with Gasteiger partial charge in [-0.3, -0.25) is 4.79 Å². The summed E-state index contributed by atoms with van der Waals surface area (Å²) in [5, 5.41) is 2.41. The Hall–Kier alpha value is -1.71. The van der Waals surface area contributed by atoms with Crippen molar-refractivity contribution in [2.45, 2.75) is 0 Å². The quantitative estimate of drug-likeness (QED) is 0.756. The molecule has 1 aromatic rings. The minimum Gasteiger partial charge on any atom is -0.319 e. The van der Waals surface area contributed by atoms with Gasteiger partial charge in [-0.1, -0.05) is 6.08 Å². The lowest BCUT2D eigenvalue weighted by molar-refractivity contribution is -0.110. The van der Waals surface area contributed by atoms with Gasteiger partial charge in [0.25, 0.3) is 5.91 Å². The minimum atomic E-state index is -0.760. The highest BCUT2D eigenvalue weighted by atomic mass is 19.1. The number of hydrogen-bond donors (Lipinski definition) is 1. The van der Waals surface area contributed by atoms with Crippen molar-refractivity contribution < 1.29 is 13.6 Å². The molecule has 18 heavy (non-hydrogen) atoms. The molecule has 2 aliphatic rings. The van der Waals surface area contributed by atoms with Gasteiger partial charge in [-0.2, -0.15) is 0 Å². The molecule has 1 N–H and O–H groups in total. The van der Waals surface area contributed by atoms with E-state index in [1.54, 1.807) is 6.08 Å². The molecule has 0 saturated heterocycles. The van der Waals surface area contributed by atoms with Crippen molar-refractivity contribution in [1.82, 2.24) is 0 Å². The SMILES string of the molecule is O=C1Nc2c(F)cc(F)cc2/C1=C\[C]1[CH][CH][CH][CH]1. The van der Waals surface area contributed by atoms with Gasteiger partial charge < -0.3 is 5.32 Å². The molecule has 4 heteroatoms. The molecule has 1 aromatic carbocycles. The third-order valence-corrected chi connectivity index (χ3v) is 2.83. The molecule has 0 spiro atoms. The summed E-state index contributed by atoms with van der Waals surface area (Å²) >= 11 is 0. The lowest BCUT2D eigenvalue weighted by Crippen LogP contribution is -2.05. The number of halogens is 2. The van der Waals surface area contributed by atoms with Crippen LogP contribution in [-0.4, -0.2) is 5.91 Å². The van der Waals surface area contributed by atoms with Crippen molar-refractivity contribution in [3.63, 3.8) is 0 Å². The average Bonchev–Trinajstić information content (AvgIpc) is 2.91. The molecule has 0 atom stereocenters. The van der Waals surface area contributed by atoms with Crippen molar-refractivity contribution in [2.75, 3.05) is 5.32 Å². The molecule has 1 saturated carbocycles. The van der Waals surface area contributed by atoms with Crippen molar-refractivity contribution in [2.24, 2.45) is 0 Å². The first-order valence-corrected chi connectivity index (χ1v) is 5.39. The molecule has 1 amide bonds. The van der Waals surface area contributed by atoms with E-state index in [-0.39, 0.29) is 16.8 Å². The summed E-state index contributed by atoms with van der Waals surface area (Å²) in [5.41, 5.74) is 0.576. The van der Waals surface area contributed by atoms with Gasteiger partial charge in [0.1, 0.15) is 11.6 Å². The highest BCUT2D eigenvalue weighted by Crippen LogP contribution is 2.37. The van der Waals surface area contributed by atoms with E-state index >= 15 is 0 Å². The molecule has 89 valence electrons. The fourth-order valence-electron chi connectivity index (χ4n) is 2.01. The maximum atomic E-state index is 13.5. The molecule has 0 unspecified atom stereocenters. The highest BCUT2D eigenvalue weighted by molar-refractivity contribution is 6.31. The van der Waals surface area contributed by atoms with Gasteiger partial charge in [-0.15, -0.1) is 0 Å². The Bertz CT molecular complexity index is 545. The van der Waals surface area contributed by atoms with Crippen LogP contribution in [0.1, 0.15) is 5.56 Å². The van der Waals surface area contributed by atoms with Crippen LogP contribution in [-0.2, 0) is 4.79 Å². The van der Waals surface area contributed by atoms with Crippen LogP contribution in [0, 0.1) is 43.2 Å². The molecule has 3 rings (SSSR count). The Balaban J connectivity index is 2.05. The van der Waals surface area contributed by atoms with E-state index in [1.165, 1.54) is 0 Å². The molecule has 1 aliphatic carbocycles. The van der Waals surface area contributed by atoms with Crippen LogP contribution in [0.25, 0.3) is 5.57 Å². The Morgan fingerprint density at radius 2 is 1.83 bits per heavy atom. The van der Waals surface area contributed by atoms with Crippen LogP contribution >= 0.6 is 0 Å². The summed E-state index contributed by atoms with van der Waals surface area (Å²) in [6.07, 6.45) is 8.89. The topological polar surface area (TPSA) is 29.1 Å². The Labute approximate surface area is 104 Å². The monoisotopic (exact) mass is 244 g/mol. The van der Waals surface area contributed by atoms with Crippen molar-refractivity contribution in [3.8, 4) is 0 Å². The number of amides is 1. The highest BCUT2D eigenvalue weighted by Gasteiger charge is 2.29. The van der Waals surface area contributed by atoms with Crippen LogP contribution in [0.15, 0.2) is 18.2 Å². The second-order valence-electron chi connectivity index (χ2n) is 4.04. The number of rotatable bonds is 1. The molecule has 1 aliphatic heterocycles. The first-order valence-electron chi connectivity index (χ1n) is 5.39. The minimum absolute atomic E-state index is 0.0409. The number of nitrogens with one attached hydrogen (secondary N) is 1. The first-order chi connectivity index (χ1) is 8.65. The van der Waals surface area contributed by atoms with E-state index in [9.17, 15) is 13.6 Å². The number of carbonyl (C=O) groups is 1. The maximum Gasteiger partial charge on any atom is 0.256 e. The summed E-state index contributed by atoms with van der Waals surface area (Å²) in [4.78, 5) is 11.8. The van der Waals surface area contributed by atoms with Gasteiger partial charge in [0.05, 0.1) is 5.69 Å². The zero-order chi connectivity index (χ0) is 12.7. The fraction of sp³-hybridized carbons (Fsp3) is 0. The Morgan fingerprint density at radius 3 is 2.56 bits per heavy atom. The predicted octanol–water partition coefficient (Wildman–Crippen LogP) is 2.71. The molecule has 1 heterocycles.